The van der Waals surface area contributed by atoms with E-state index in [0.717, 1.165) is 44.4 Å². The van der Waals surface area contributed by atoms with E-state index in [1.54, 1.807) is 6.92 Å². The predicted molar refractivity (Wildman–Crippen MR) is 94.4 cm³/mol. The van der Waals surface area contributed by atoms with Gasteiger partial charge in [0.2, 0.25) is 11.8 Å². The van der Waals surface area contributed by atoms with Crippen LogP contribution in [0.4, 0.5) is 0 Å². The van der Waals surface area contributed by atoms with Crippen LogP contribution < -0.4 is 5.32 Å². The Balaban J connectivity index is 1.50. The highest BCUT2D eigenvalue weighted by Gasteiger charge is 2.42. The van der Waals surface area contributed by atoms with Gasteiger partial charge in [0.05, 0.1) is 6.04 Å². The van der Waals surface area contributed by atoms with Gasteiger partial charge in [-0.25, -0.2) is 0 Å². The van der Waals surface area contributed by atoms with E-state index in [1.807, 2.05) is 11.8 Å². The van der Waals surface area contributed by atoms with E-state index in [1.165, 1.54) is 25.7 Å². The zero-order valence-electron chi connectivity index (χ0n) is 15.5. The van der Waals surface area contributed by atoms with Crippen LogP contribution in [0.5, 0.6) is 0 Å². The fourth-order valence-corrected chi connectivity index (χ4v) is 5.16. The van der Waals surface area contributed by atoms with Gasteiger partial charge >= 0.3 is 0 Å². The van der Waals surface area contributed by atoms with Crippen LogP contribution in [-0.2, 0) is 9.59 Å². The predicted octanol–water partition coefficient (Wildman–Crippen LogP) is 1.87. The number of rotatable bonds is 4. The monoisotopic (exact) mass is 335 g/mol. The normalized spacial score (nSPS) is 33.1. The van der Waals surface area contributed by atoms with Crippen molar-refractivity contribution in [3.05, 3.63) is 0 Å². The van der Waals surface area contributed by atoms with E-state index in [9.17, 15) is 9.59 Å². The lowest BCUT2D eigenvalue weighted by Gasteiger charge is -2.32. The molecular formula is C19H33N3O2. The van der Waals surface area contributed by atoms with Crippen LogP contribution in [0.15, 0.2) is 0 Å². The zero-order valence-corrected chi connectivity index (χ0v) is 15.5. The van der Waals surface area contributed by atoms with E-state index < -0.39 is 0 Å². The summed E-state index contributed by atoms with van der Waals surface area (Å²) in [5, 5.41) is 3.30. The summed E-state index contributed by atoms with van der Waals surface area (Å²) in [4.78, 5) is 28.4. The van der Waals surface area contributed by atoms with Gasteiger partial charge in [-0.3, -0.25) is 14.5 Å². The van der Waals surface area contributed by atoms with Crippen LogP contribution in [0.25, 0.3) is 0 Å². The molecule has 1 heterocycles. The fraction of sp³-hybridized carbons (Fsp3) is 0.895. The third-order valence-corrected chi connectivity index (χ3v) is 6.71. The average molecular weight is 335 g/mol. The number of carbonyl (C=O) groups excluding carboxylic acids is 2. The summed E-state index contributed by atoms with van der Waals surface area (Å²) in [5.41, 5.74) is 0. The van der Waals surface area contributed by atoms with Crippen molar-refractivity contribution in [3.63, 3.8) is 0 Å². The number of carbonyl (C=O) groups is 2. The van der Waals surface area contributed by atoms with Gasteiger partial charge in [-0.1, -0.05) is 6.42 Å². The summed E-state index contributed by atoms with van der Waals surface area (Å²) in [6, 6.07) is 0.175. The van der Waals surface area contributed by atoms with Crippen molar-refractivity contribution < 1.29 is 9.59 Å². The highest BCUT2D eigenvalue weighted by molar-refractivity contribution is 5.81. The topological polar surface area (TPSA) is 52.7 Å². The van der Waals surface area contributed by atoms with E-state index in [0.29, 0.717) is 5.92 Å². The van der Waals surface area contributed by atoms with Gasteiger partial charge in [0.1, 0.15) is 0 Å². The van der Waals surface area contributed by atoms with Crippen molar-refractivity contribution in [3.8, 4) is 0 Å². The molecule has 2 saturated carbocycles. The van der Waals surface area contributed by atoms with Crippen LogP contribution in [0.2, 0.25) is 0 Å². The van der Waals surface area contributed by atoms with Crippen molar-refractivity contribution in [1.29, 1.82) is 0 Å². The Morgan fingerprint density at radius 2 is 1.83 bits per heavy atom. The molecule has 1 aliphatic heterocycles. The lowest BCUT2D eigenvalue weighted by atomic mass is 9.84. The first-order valence-corrected chi connectivity index (χ1v) is 9.75. The van der Waals surface area contributed by atoms with Crippen LogP contribution in [0, 0.1) is 17.8 Å². The number of nitrogens with one attached hydrogen (secondary N) is 1. The molecule has 24 heavy (non-hydrogen) atoms. The lowest BCUT2D eigenvalue weighted by molar-refractivity contribution is -0.128. The molecule has 0 radical (unpaired) electrons. The molecule has 5 atom stereocenters. The molecule has 0 spiro atoms. The molecule has 1 N–H and O–H groups in total. The molecule has 3 fully saturated rings. The summed E-state index contributed by atoms with van der Waals surface area (Å²) in [5.74, 6) is 2.72. The molecule has 5 nitrogen and oxygen atoms in total. The SMILES string of the molecule is CC(=O)N1CCCN([C@H](C)C(=O)N[C@@H](C)[C@H]2C[C@H]3CC[C@H]2C3)CC1. The molecule has 0 aromatic rings. The Morgan fingerprint density at radius 3 is 2.46 bits per heavy atom. The summed E-state index contributed by atoms with van der Waals surface area (Å²) in [6.45, 7) is 9.04. The van der Waals surface area contributed by atoms with Crippen molar-refractivity contribution in [2.75, 3.05) is 26.2 Å². The summed E-state index contributed by atoms with van der Waals surface area (Å²) in [7, 11) is 0. The fourth-order valence-electron chi connectivity index (χ4n) is 5.16. The van der Waals surface area contributed by atoms with Gasteiger partial charge in [-0.05, 0) is 57.3 Å². The molecule has 0 aromatic carbocycles. The van der Waals surface area contributed by atoms with Gasteiger partial charge < -0.3 is 10.2 Å². The van der Waals surface area contributed by atoms with Crippen LogP contribution in [0.1, 0.15) is 52.9 Å². The number of amides is 2. The molecule has 0 unspecified atom stereocenters. The van der Waals surface area contributed by atoms with Gasteiger partial charge in [-0.2, -0.15) is 0 Å². The third kappa shape index (κ3) is 3.76. The number of hydrogen-bond acceptors (Lipinski definition) is 3. The lowest BCUT2D eigenvalue weighted by Crippen LogP contribution is -2.50. The van der Waals surface area contributed by atoms with E-state index in [-0.39, 0.29) is 23.9 Å². The molecular weight excluding hydrogens is 302 g/mol. The maximum atomic E-state index is 12.7. The van der Waals surface area contributed by atoms with Crippen molar-refractivity contribution in [2.45, 2.75) is 65.0 Å². The number of nitrogens with zero attached hydrogens (tertiary/aromatic N) is 2. The molecule has 0 aromatic heterocycles. The average Bonchev–Trinajstić information content (AvgIpc) is 3.09. The summed E-state index contributed by atoms with van der Waals surface area (Å²) in [6.07, 6.45) is 6.39. The maximum Gasteiger partial charge on any atom is 0.237 e. The first-order valence-electron chi connectivity index (χ1n) is 9.75. The number of fused-ring (bicyclic) bond motifs is 2. The molecule has 136 valence electrons. The molecule has 1 saturated heterocycles. The molecule has 3 rings (SSSR count). The van der Waals surface area contributed by atoms with Gasteiger partial charge in [0, 0.05) is 39.1 Å². The van der Waals surface area contributed by atoms with Crippen molar-refractivity contribution in [1.82, 2.24) is 15.1 Å². The van der Waals surface area contributed by atoms with Crippen molar-refractivity contribution >= 4 is 11.8 Å². The molecule has 5 heteroatoms. The minimum atomic E-state index is -0.113. The summed E-state index contributed by atoms with van der Waals surface area (Å²) >= 11 is 0. The second-order valence-corrected chi connectivity index (χ2v) is 8.21. The Hall–Kier alpha value is -1.10. The Kier molecular flexibility index (Phi) is 5.48. The van der Waals surface area contributed by atoms with Crippen LogP contribution in [-0.4, -0.2) is 59.9 Å². The maximum absolute atomic E-state index is 12.7. The van der Waals surface area contributed by atoms with Gasteiger partial charge in [0.15, 0.2) is 0 Å². The van der Waals surface area contributed by atoms with E-state index in [4.69, 9.17) is 0 Å². The van der Waals surface area contributed by atoms with Gasteiger partial charge in [0.25, 0.3) is 0 Å². The smallest absolute Gasteiger partial charge is 0.237 e. The molecule has 2 aliphatic carbocycles. The largest absolute Gasteiger partial charge is 0.352 e. The highest BCUT2D eigenvalue weighted by Crippen LogP contribution is 2.49. The minimum Gasteiger partial charge on any atom is -0.352 e. The Bertz CT molecular complexity index is 481. The first kappa shape index (κ1) is 17.7. The van der Waals surface area contributed by atoms with Crippen LogP contribution in [0.3, 0.4) is 0 Å². The van der Waals surface area contributed by atoms with Crippen molar-refractivity contribution in [2.24, 2.45) is 17.8 Å². The summed E-state index contributed by atoms with van der Waals surface area (Å²) < 4.78 is 0. The first-order chi connectivity index (χ1) is 11.5. The Labute approximate surface area is 146 Å². The number of hydrogen-bond donors (Lipinski definition) is 1. The van der Waals surface area contributed by atoms with Gasteiger partial charge in [-0.15, -0.1) is 0 Å². The second-order valence-electron chi connectivity index (χ2n) is 8.21. The minimum absolute atomic E-state index is 0.113. The highest BCUT2D eigenvalue weighted by atomic mass is 16.2. The zero-order chi connectivity index (χ0) is 17.3. The molecule has 2 bridgehead atoms. The van der Waals surface area contributed by atoms with E-state index in [2.05, 4.69) is 17.1 Å². The van der Waals surface area contributed by atoms with Crippen LogP contribution >= 0.6 is 0 Å². The second kappa shape index (κ2) is 7.42. The Morgan fingerprint density at radius 1 is 1.04 bits per heavy atom. The molecule has 3 aliphatic rings. The third-order valence-electron chi connectivity index (χ3n) is 6.71. The standard InChI is InChI=1S/C19H33N3O2/c1-13(18-12-16-5-6-17(18)11-16)20-19(24)14(2)21-7-4-8-22(10-9-21)15(3)23/h13-14,16-18H,4-12H2,1-3H3,(H,20,24)/t13-,14+,16-,17-,18+/m0/s1. The van der Waals surface area contributed by atoms with E-state index >= 15 is 0 Å². The molecule has 2 amide bonds. The quantitative estimate of drug-likeness (QED) is 0.853.